The van der Waals surface area contributed by atoms with E-state index in [4.69, 9.17) is 4.74 Å². The Morgan fingerprint density at radius 2 is 2.00 bits per heavy atom. The summed E-state index contributed by atoms with van der Waals surface area (Å²) in [5.41, 5.74) is 4.24. The summed E-state index contributed by atoms with van der Waals surface area (Å²) in [7, 11) is 0. The minimum absolute atomic E-state index is 0.324. The van der Waals surface area contributed by atoms with Crippen molar-refractivity contribution < 1.29 is 14.3 Å². The molecule has 0 bridgehead atoms. The molecule has 2 heterocycles. The lowest BCUT2D eigenvalue weighted by molar-refractivity contribution is -0.125. The third-order valence-electron chi connectivity index (χ3n) is 4.07. The van der Waals surface area contributed by atoms with Gasteiger partial charge in [0.25, 0.3) is 5.91 Å². The van der Waals surface area contributed by atoms with Crippen LogP contribution in [0.2, 0.25) is 0 Å². The summed E-state index contributed by atoms with van der Waals surface area (Å²) in [5, 5.41) is 4.01. The first kappa shape index (κ1) is 18.8. The molecule has 0 saturated carbocycles. The predicted octanol–water partition coefficient (Wildman–Crippen LogP) is 2.48. The number of fused-ring (bicyclic) bond motifs is 1. The van der Waals surface area contributed by atoms with Crippen LogP contribution >= 0.6 is 0 Å². The predicted molar refractivity (Wildman–Crippen MR) is 101 cm³/mol. The van der Waals surface area contributed by atoms with Gasteiger partial charge in [-0.25, -0.2) is 10.2 Å². The van der Waals surface area contributed by atoms with Crippen LogP contribution in [0.3, 0.4) is 0 Å². The van der Waals surface area contributed by atoms with E-state index in [9.17, 15) is 9.59 Å². The third kappa shape index (κ3) is 4.78. The van der Waals surface area contributed by atoms with Crippen LogP contribution in [0.25, 0.3) is 11.0 Å². The maximum absolute atomic E-state index is 12.4. The van der Waals surface area contributed by atoms with Crippen LogP contribution in [0.1, 0.15) is 39.2 Å². The quantitative estimate of drug-likeness (QED) is 0.662. The van der Waals surface area contributed by atoms with Crippen LogP contribution in [0.15, 0.2) is 35.7 Å². The Bertz CT molecular complexity index is 875. The third-order valence-corrected chi connectivity index (χ3v) is 4.07. The van der Waals surface area contributed by atoms with Crippen LogP contribution in [-0.4, -0.2) is 51.3 Å². The standard InChI is InChI=1S/C19H23N5O3/c1-19(2,3)27-18(26)24-10-4-5-16(24)17(25)23-22-12-13-6-7-14-15(11-13)21-9-8-20-14/h6-9,11-12,16H,4-5,10H2,1-3H3,(H,23,25)/t16-/m0/s1. The molecule has 2 amide bonds. The second-order valence-electron chi connectivity index (χ2n) is 7.37. The normalized spacial score (nSPS) is 17.4. The zero-order valence-electron chi connectivity index (χ0n) is 15.7. The number of hydrazone groups is 1. The number of nitrogens with one attached hydrogen (secondary N) is 1. The molecule has 0 radical (unpaired) electrons. The molecule has 1 N–H and O–H groups in total. The Hall–Kier alpha value is -3.03. The van der Waals surface area contributed by atoms with Crippen molar-refractivity contribution in [2.45, 2.75) is 45.3 Å². The van der Waals surface area contributed by atoms with Crippen molar-refractivity contribution >= 4 is 29.2 Å². The van der Waals surface area contributed by atoms with E-state index in [2.05, 4.69) is 20.5 Å². The van der Waals surface area contributed by atoms with Crippen molar-refractivity contribution in [2.24, 2.45) is 5.10 Å². The average Bonchev–Trinajstić information content (AvgIpc) is 3.10. The van der Waals surface area contributed by atoms with Gasteiger partial charge in [0.2, 0.25) is 0 Å². The highest BCUT2D eigenvalue weighted by molar-refractivity contribution is 5.89. The Morgan fingerprint density at radius 1 is 1.26 bits per heavy atom. The Balaban J connectivity index is 1.62. The van der Waals surface area contributed by atoms with Crippen LogP contribution in [0.4, 0.5) is 4.79 Å². The highest BCUT2D eigenvalue weighted by Gasteiger charge is 2.36. The van der Waals surface area contributed by atoms with E-state index < -0.39 is 17.7 Å². The van der Waals surface area contributed by atoms with Crippen LogP contribution in [0, 0.1) is 0 Å². The maximum Gasteiger partial charge on any atom is 0.410 e. The summed E-state index contributed by atoms with van der Waals surface area (Å²) in [6.07, 6.45) is 5.66. The van der Waals surface area contributed by atoms with Crippen molar-refractivity contribution in [3.63, 3.8) is 0 Å². The van der Waals surface area contributed by atoms with E-state index in [0.29, 0.717) is 13.0 Å². The Kier molecular flexibility index (Phi) is 5.34. The lowest BCUT2D eigenvalue weighted by atomic mass is 10.2. The first-order valence-electron chi connectivity index (χ1n) is 8.87. The van der Waals surface area contributed by atoms with E-state index in [0.717, 1.165) is 23.0 Å². The molecule has 3 rings (SSSR count). The summed E-state index contributed by atoms with van der Waals surface area (Å²) < 4.78 is 5.37. The topological polar surface area (TPSA) is 96.8 Å². The molecule has 1 aromatic heterocycles. The van der Waals surface area contributed by atoms with Gasteiger partial charge in [0, 0.05) is 18.9 Å². The second-order valence-corrected chi connectivity index (χ2v) is 7.37. The molecule has 142 valence electrons. The van der Waals surface area contributed by atoms with Crippen LogP contribution in [-0.2, 0) is 9.53 Å². The van der Waals surface area contributed by atoms with E-state index in [-0.39, 0.29) is 5.91 Å². The monoisotopic (exact) mass is 369 g/mol. The van der Waals surface area contributed by atoms with Gasteiger partial charge in [-0.3, -0.25) is 19.7 Å². The second kappa shape index (κ2) is 7.69. The van der Waals surface area contributed by atoms with Crippen molar-refractivity contribution in [3.8, 4) is 0 Å². The van der Waals surface area contributed by atoms with Gasteiger partial charge < -0.3 is 4.74 Å². The van der Waals surface area contributed by atoms with Gasteiger partial charge in [-0.1, -0.05) is 6.07 Å². The molecule has 8 heteroatoms. The maximum atomic E-state index is 12.4. The van der Waals surface area contributed by atoms with Gasteiger partial charge in [-0.15, -0.1) is 0 Å². The van der Waals surface area contributed by atoms with Gasteiger partial charge >= 0.3 is 6.09 Å². The number of hydrogen-bond acceptors (Lipinski definition) is 6. The van der Waals surface area contributed by atoms with Crippen molar-refractivity contribution in [1.82, 2.24) is 20.3 Å². The van der Waals surface area contributed by atoms with Gasteiger partial charge in [0.05, 0.1) is 17.2 Å². The lowest BCUT2D eigenvalue weighted by Gasteiger charge is -2.27. The highest BCUT2D eigenvalue weighted by atomic mass is 16.6. The molecule has 1 atom stereocenters. The minimum Gasteiger partial charge on any atom is -0.444 e. The number of hydrogen-bond donors (Lipinski definition) is 1. The van der Waals surface area contributed by atoms with E-state index in [1.54, 1.807) is 39.4 Å². The molecule has 1 fully saturated rings. The van der Waals surface area contributed by atoms with E-state index in [1.165, 1.54) is 4.90 Å². The van der Waals surface area contributed by atoms with Crippen LogP contribution < -0.4 is 5.43 Å². The summed E-state index contributed by atoms with van der Waals surface area (Å²) in [5.74, 6) is -0.324. The number of carbonyl (C=O) groups is 2. The molecule has 1 aromatic carbocycles. The highest BCUT2D eigenvalue weighted by Crippen LogP contribution is 2.21. The fraction of sp³-hybridized carbons (Fsp3) is 0.421. The molecule has 0 unspecified atom stereocenters. The zero-order chi connectivity index (χ0) is 19.4. The Labute approximate surface area is 157 Å². The molecule has 0 spiro atoms. The number of likely N-dealkylation sites (tertiary alicyclic amines) is 1. The summed E-state index contributed by atoms with van der Waals surface area (Å²) in [6.45, 7) is 5.90. The molecule has 27 heavy (non-hydrogen) atoms. The number of benzene rings is 1. The molecule has 1 aliphatic rings. The van der Waals surface area contributed by atoms with Crippen LogP contribution in [0.5, 0.6) is 0 Å². The van der Waals surface area contributed by atoms with Gasteiger partial charge in [0.1, 0.15) is 11.6 Å². The van der Waals surface area contributed by atoms with Gasteiger partial charge in [-0.05, 0) is 51.3 Å². The zero-order valence-corrected chi connectivity index (χ0v) is 15.7. The fourth-order valence-corrected chi connectivity index (χ4v) is 2.88. The smallest absolute Gasteiger partial charge is 0.410 e. The first-order chi connectivity index (χ1) is 12.8. The molecule has 8 nitrogen and oxygen atoms in total. The molecule has 0 aliphatic carbocycles. The van der Waals surface area contributed by atoms with Gasteiger partial charge in [0.15, 0.2) is 0 Å². The van der Waals surface area contributed by atoms with Crippen molar-refractivity contribution in [3.05, 3.63) is 36.2 Å². The molecular formula is C19H23N5O3. The molecular weight excluding hydrogens is 346 g/mol. The lowest BCUT2D eigenvalue weighted by Crippen LogP contribution is -2.46. The summed E-state index contributed by atoms with van der Waals surface area (Å²) >= 11 is 0. The van der Waals surface area contributed by atoms with E-state index >= 15 is 0 Å². The number of nitrogens with zero attached hydrogens (tertiary/aromatic N) is 4. The number of aromatic nitrogens is 2. The average molecular weight is 369 g/mol. The molecule has 2 aromatic rings. The Morgan fingerprint density at radius 3 is 2.74 bits per heavy atom. The summed E-state index contributed by atoms with van der Waals surface area (Å²) in [4.78, 5) is 34.6. The van der Waals surface area contributed by atoms with E-state index in [1.807, 2.05) is 18.2 Å². The number of carbonyl (C=O) groups excluding carboxylic acids is 2. The SMILES string of the molecule is CC(C)(C)OC(=O)N1CCC[C@H]1C(=O)NN=Cc1ccc2nccnc2c1. The van der Waals surface area contributed by atoms with Crippen molar-refractivity contribution in [1.29, 1.82) is 0 Å². The van der Waals surface area contributed by atoms with Gasteiger partial charge in [-0.2, -0.15) is 5.10 Å². The first-order valence-corrected chi connectivity index (χ1v) is 8.87. The number of amides is 2. The molecule has 1 aliphatic heterocycles. The fourth-order valence-electron chi connectivity index (χ4n) is 2.88. The van der Waals surface area contributed by atoms with Crippen molar-refractivity contribution in [2.75, 3.05) is 6.54 Å². The minimum atomic E-state index is -0.599. The summed E-state index contributed by atoms with van der Waals surface area (Å²) in [6, 6.07) is 4.95. The molecule has 1 saturated heterocycles. The number of ether oxygens (including phenoxy) is 1. The largest absolute Gasteiger partial charge is 0.444 e. The number of rotatable bonds is 3.